The fraction of sp³-hybridized carbons (Fsp3) is 0.211. The Bertz CT molecular complexity index is 912. The lowest BCUT2D eigenvalue weighted by atomic mass is 9.99. The van der Waals surface area contributed by atoms with Crippen LogP contribution in [0.15, 0.2) is 30.3 Å². The molecule has 0 aliphatic carbocycles. The second-order valence-electron chi connectivity index (χ2n) is 6.04. The molecule has 1 aliphatic rings. The van der Waals surface area contributed by atoms with Crippen LogP contribution >= 0.6 is 0 Å². The number of rotatable bonds is 4. The van der Waals surface area contributed by atoms with E-state index in [2.05, 4.69) is 10.6 Å². The Morgan fingerprint density at radius 1 is 1.15 bits per heavy atom. The van der Waals surface area contributed by atoms with Gasteiger partial charge in [-0.2, -0.15) is 5.26 Å². The van der Waals surface area contributed by atoms with Crippen molar-refractivity contribution >= 4 is 17.5 Å². The van der Waals surface area contributed by atoms with Gasteiger partial charge in [-0.3, -0.25) is 9.59 Å². The number of fused-ring (bicyclic) bond motifs is 1. The van der Waals surface area contributed by atoms with E-state index in [9.17, 15) is 18.4 Å². The number of nitrogens with zero attached hydrogens (tertiary/aromatic N) is 1. The van der Waals surface area contributed by atoms with Crippen molar-refractivity contribution in [2.45, 2.75) is 25.8 Å². The third kappa shape index (κ3) is 3.86. The van der Waals surface area contributed by atoms with E-state index < -0.39 is 17.2 Å². The third-order valence-electron chi connectivity index (χ3n) is 4.13. The van der Waals surface area contributed by atoms with E-state index in [1.165, 1.54) is 6.07 Å². The molecule has 0 aromatic heterocycles. The van der Waals surface area contributed by atoms with Gasteiger partial charge in [0.25, 0.3) is 0 Å². The number of carbonyl (C=O) groups excluding carboxylic acids is 2. The number of nitrogens with one attached hydrogen (secondary N) is 2. The minimum Gasteiger partial charge on any atom is -0.352 e. The third-order valence-corrected chi connectivity index (χ3v) is 4.13. The molecule has 2 aromatic carbocycles. The van der Waals surface area contributed by atoms with Crippen molar-refractivity contribution < 1.29 is 18.4 Å². The second kappa shape index (κ2) is 7.31. The summed E-state index contributed by atoms with van der Waals surface area (Å²) in [6.45, 7) is -0.0423. The first-order valence-electron chi connectivity index (χ1n) is 8.02. The Balaban J connectivity index is 1.61. The van der Waals surface area contributed by atoms with Gasteiger partial charge in [-0.1, -0.05) is 12.1 Å². The molecule has 0 bridgehead atoms. The molecule has 2 N–H and O–H groups in total. The van der Waals surface area contributed by atoms with Crippen molar-refractivity contribution in [2.24, 2.45) is 0 Å². The Labute approximate surface area is 148 Å². The van der Waals surface area contributed by atoms with E-state index in [0.717, 1.165) is 28.9 Å². The van der Waals surface area contributed by atoms with Crippen molar-refractivity contribution in [1.82, 2.24) is 5.32 Å². The van der Waals surface area contributed by atoms with Crippen LogP contribution in [0.5, 0.6) is 0 Å². The predicted octanol–water partition coefficient (Wildman–Crippen LogP) is 2.58. The first kappa shape index (κ1) is 17.5. The lowest BCUT2D eigenvalue weighted by Crippen LogP contribution is -2.25. The summed E-state index contributed by atoms with van der Waals surface area (Å²) in [7, 11) is 0. The maximum atomic E-state index is 13.6. The Morgan fingerprint density at radius 2 is 1.88 bits per heavy atom. The Hall–Kier alpha value is -3.27. The highest BCUT2D eigenvalue weighted by Crippen LogP contribution is 2.23. The number of halogens is 2. The lowest BCUT2D eigenvalue weighted by Gasteiger charge is -2.17. The number of aryl methyl sites for hydroxylation is 1. The Kier molecular flexibility index (Phi) is 4.94. The fourth-order valence-electron chi connectivity index (χ4n) is 2.83. The number of hydrogen-bond donors (Lipinski definition) is 2. The number of nitriles is 1. The highest BCUT2D eigenvalue weighted by atomic mass is 19.1. The quantitative estimate of drug-likeness (QED) is 0.884. The minimum absolute atomic E-state index is 0.0233. The summed E-state index contributed by atoms with van der Waals surface area (Å²) < 4.78 is 27.1. The van der Waals surface area contributed by atoms with Crippen molar-refractivity contribution in [3.05, 3.63) is 64.2 Å². The van der Waals surface area contributed by atoms with Crippen LogP contribution in [0.3, 0.4) is 0 Å². The van der Waals surface area contributed by atoms with Gasteiger partial charge in [-0.15, -0.1) is 0 Å². The van der Waals surface area contributed by atoms with Crippen LogP contribution < -0.4 is 10.6 Å². The van der Waals surface area contributed by atoms with E-state index in [1.54, 1.807) is 12.1 Å². The first-order chi connectivity index (χ1) is 12.5. The van der Waals surface area contributed by atoms with Crippen LogP contribution in [0.25, 0.3) is 0 Å². The van der Waals surface area contributed by atoms with Crippen LogP contribution in [-0.2, 0) is 29.0 Å². The summed E-state index contributed by atoms with van der Waals surface area (Å²) in [6.07, 6.45) is 1.15. The molecule has 2 aromatic rings. The smallest absolute Gasteiger partial charge is 0.224 e. The van der Waals surface area contributed by atoms with Gasteiger partial charge in [0.15, 0.2) is 0 Å². The highest BCUT2D eigenvalue weighted by Gasteiger charge is 2.16. The second-order valence-corrected chi connectivity index (χ2v) is 6.04. The summed E-state index contributed by atoms with van der Waals surface area (Å²) >= 11 is 0. The lowest BCUT2D eigenvalue weighted by molar-refractivity contribution is -0.120. The molecule has 132 valence electrons. The maximum absolute atomic E-state index is 13.6. The molecule has 2 amide bonds. The van der Waals surface area contributed by atoms with Gasteiger partial charge in [0.1, 0.15) is 23.3 Å². The van der Waals surface area contributed by atoms with E-state index in [1.807, 2.05) is 6.07 Å². The molecule has 1 heterocycles. The van der Waals surface area contributed by atoms with Crippen LogP contribution in [0.1, 0.15) is 28.7 Å². The minimum atomic E-state index is -0.950. The van der Waals surface area contributed by atoms with Gasteiger partial charge < -0.3 is 10.6 Å². The summed E-state index contributed by atoms with van der Waals surface area (Å²) in [5, 5.41) is 14.0. The molecule has 0 atom stereocenters. The average molecular weight is 355 g/mol. The van der Waals surface area contributed by atoms with Crippen molar-refractivity contribution in [3.8, 4) is 6.07 Å². The number of hydrogen-bond acceptors (Lipinski definition) is 3. The van der Waals surface area contributed by atoms with Crippen LogP contribution in [-0.4, -0.2) is 11.8 Å². The van der Waals surface area contributed by atoms with Crippen molar-refractivity contribution in [3.63, 3.8) is 0 Å². The van der Waals surface area contributed by atoms with Crippen molar-refractivity contribution in [2.75, 3.05) is 5.32 Å². The molecule has 5 nitrogen and oxygen atoms in total. The molecular formula is C19H15F2N3O2. The molecule has 26 heavy (non-hydrogen) atoms. The highest BCUT2D eigenvalue weighted by molar-refractivity contribution is 5.94. The molecule has 0 radical (unpaired) electrons. The van der Waals surface area contributed by atoms with E-state index >= 15 is 0 Å². The molecule has 7 heteroatoms. The number of benzene rings is 2. The zero-order valence-corrected chi connectivity index (χ0v) is 13.7. The summed E-state index contributed by atoms with van der Waals surface area (Å²) in [4.78, 5) is 23.4. The molecule has 0 saturated heterocycles. The van der Waals surface area contributed by atoms with Gasteiger partial charge in [-0.05, 0) is 41.3 Å². The van der Waals surface area contributed by atoms with Gasteiger partial charge in [0.2, 0.25) is 11.8 Å². The summed E-state index contributed by atoms with van der Waals surface area (Å²) in [5.41, 5.74) is 2.12. The zero-order valence-electron chi connectivity index (χ0n) is 13.7. The molecular weight excluding hydrogens is 340 g/mol. The van der Waals surface area contributed by atoms with E-state index in [0.29, 0.717) is 12.8 Å². The van der Waals surface area contributed by atoms with Crippen LogP contribution in [0.2, 0.25) is 0 Å². The molecule has 0 spiro atoms. The predicted molar refractivity (Wildman–Crippen MR) is 90.0 cm³/mol. The monoisotopic (exact) mass is 355 g/mol. The van der Waals surface area contributed by atoms with Crippen molar-refractivity contribution in [1.29, 1.82) is 5.26 Å². The molecule has 0 saturated carbocycles. The molecule has 1 aliphatic heterocycles. The van der Waals surface area contributed by atoms with Gasteiger partial charge in [-0.25, -0.2) is 8.78 Å². The zero-order chi connectivity index (χ0) is 18.7. The number of anilines is 1. The number of carbonyl (C=O) groups is 2. The maximum Gasteiger partial charge on any atom is 0.224 e. The van der Waals surface area contributed by atoms with E-state index in [-0.39, 0.29) is 30.3 Å². The topological polar surface area (TPSA) is 82.0 Å². The normalized spacial score (nSPS) is 12.7. The largest absolute Gasteiger partial charge is 0.352 e. The number of amides is 2. The first-order valence-corrected chi connectivity index (χ1v) is 8.02. The van der Waals surface area contributed by atoms with E-state index in [4.69, 9.17) is 5.26 Å². The summed E-state index contributed by atoms with van der Waals surface area (Å²) in [6, 6.07) is 8.90. The van der Waals surface area contributed by atoms with Gasteiger partial charge in [0.05, 0.1) is 6.42 Å². The SMILES string of the molecule is N#Cc1c(F)cc(CNC(=O)Cc2ccc3c(c2)CCC(=O)N3)cc1F. The van der Waals surface area contributed by atoms with Gasteiger partial charge in [0, 0.05) is 18.7 Å². The van der Waals surface area contributed by atoms with Crippen LogP contribution in [0, 0.1) is 23.0 Å². The average Bonchev–Trinajstić information content (AvgIpc) is 2.60. The standard InChI is InChI=1S/C19H15F2N3O2/c20-15-6-12(7-16(21)14(15)9-22)10-23-19(26)8-11-1-3-17-13(5-11)2-4-18(25)24-17/h1,3,5-7H,2,4,8,10H2,(H,23,26)(H,24,25). The van der Waals surface area contributed by atoms with Gasteiger partial charge >= 0.3 is 0 Å². The molecule has 0 fully saturated rings. The molecule has 0 unspecified atom stereocenters. The van der Waals surface area contributed by atoms with Crippen LogP contribution in [0.4, 0.5) is 14.5 Å². The summed E-state index contributed by atoms with van der Waals surface area (Å²) in [5.74, 6) is -2.22. The molecule has 3 rings (SSSR count). The fourth-order valence-corrected chi connectivity index (χ4v) is 2.83. The Morgan fingerprint density at radius 3 is 2.58 bits per heavy atom.